The van der Waals surface area contributed by atoms with E-state index in [1.165, 1.54) is 16.9 Å². The highest BCUT2D eigenvalue weighted by molar-refractivity contribution is 6.06. The van der Waals surface area contributed by atoms with Gasteiger partial charge in [0.2, 0.25) is 0 Å². The first kappa shape index (κ1) is 19.2. The van der Waals surface area contributed by atoms with Crippen LogP contribution in [0.4, 0.5) is 8.78 Å². The second-order valence-electron chi connectivity index (χ2n) is 7.53. The van der Waals surface area contributed by atoms with Crippen molar-refractivity contribution in [2.45, 2.75) is 25.3 Å². The molecule has 1 aromatic carbocycles. The van der Waals surface area contributed by atoms with Crippen molar-refractivity contribution in [1.82, 2.24) is 29.5 Å². The monoisotopic (exact) mass is 420 g/mol. The van der Waals surface area contributed by atoms with E-state index in [4.69, 9.17) is 0 Å². The summed E-state index contributed by atoms with van der Waals surface area (Å²) in [4.78, 5) is 26.9. The number of amides is 1. The molecule has 1 saturated carbocycles. The first-order valence-corrected chi connectivity index (χ1v) is 9.80. The molecule has 1 fully saturated rings. The van der Waals surface area contributed by atoms with Crippen molar-refractivity contribution in [3.05, 3.63) is 71.4 Å². The molecule has 3 heterocycles. The molecule has 1 aliphatic carbocycles. The van der Waals surface area contributed by atoms with Gasteiger partial charge < -0.3 is 4.90 Å². The summed E-state index contributed by atoms with van der Waals surface area (Å²) in [5.74, 6) is 0.0719. The van der Waals surface area contributed by atoms with Crippen LogP contribution in [-0.4, -0.2) is 48.5 Å². The fourth-order valence-electron chi connectivity index (χ4n) is 3.86. The Morgan fingerprint density at radius 3 is 2.87 bits per heavy atom. The minimum atomic E-state index is -2.69. The molecule has 0 atom stereocenters. The maximum Gasteiger partial charge on any atom is 0.280 e. The Hall–Kier alpha value is -3.75. The number of rotatable bonds is 4. The Bertz CT molecular complexity index is 1320. The molecule has 0 unspecified atom stereocenters. The van der Waals surface area contributed by atoms with Crippen molar-refractivity contribution in [3.63, 3.8) is 0 Å². The van der Waals surface area contributed by atoms with E-state index >= 15 is 0 Å². The van der Waals surface area contributed by atoms with Crippen LogP contribution < -0.4 is 0 Å². The van der Waals surface area contributed by atoms with E-state index in [9.17, 15) is 13.6 Å². The molecule has 0 spiro atoms. The Morgan fingerprint density at radius 1 is 1.23 bits per heavy atom. The minimum Gasteiger partial charge on any atom is -0.338 e. The maximum atomic E-state index is 13.2. The summed E-state index contributed by atoms with van der Waals surface area (Å²) in [5, 5.41) is 4.89. The molecular formula is C22H18F2N6O. The highest BCUT2D eigenvalue weighted by Crippen LogP contribution is 2.33. The first-order chi connectivity index (χ1) is 15.0. The number of halogens is 2. The van der Waals surface area contributed by atoms with Gasteiger partial charge in [-0.3, -0.25) is 9.78 Å². The molecule has 5 rings (SSSR count). The Kier molecular flexibility index (Phi) is 4.65. The standard InChI is InChI=1S/C22H18F2N6O/c1-29(21(31)17-4-2-6-18-16(17)5-3-7-25-18)14-8-13(9-14)10-15-11-19(20(23)24)28-22-26-12-27-30(15)22/h2-7,10-12,14,20H,8-9H2,1H3. The van der Waals surface area contributed by atoms with E-state index in [1.54, 1.807) is 18.1 Å². The molecule has 156 valence electrons. The number of carbonyl (C=O) groups is 1. The Labute approximate surface area is 176 Å². The molecule has 0 radical (unpaired) electrons. The number of carbonyl (C=O) groups excluding carboxylic acids is 1. The molecule has 3 aromatic heterocycles. The Balaban J connectivity index is 1.36. The van der Waals surface area contributed by atoms with Crippen molar-refractivity contribution >= 4 is 28.7 Å². The van der Waals surface area contributed by atoms with Gasteiger partial charge in [0, 0.05) is 30.2 Å². The number of hydrogen-bond donors (Lipinski definition) is 0. The van der Waals surface area contributed by atoms with Gasteiger partial charge in [-0.25, -0.2) is 13.8 Å². The molecule has 0 bridgehead atoms. The van der Waals surface area contributed by atoms with Crippen molar-refractivity contribution in [3.8, 4) is 0 Å². The lowest BCUT2D eigenvalue weighted by molar-refractivity contribution is 0.0701. The average Bonchev–Trinajstić information content (AvgIpc) is 3.23. The SMILES string of the molecule is CN(C(=O)c1cccc2ncccc12)C1CC(=Cc2cc(C(F)F)nc3ncnn23)C1. The van der Waals surface area contributed by atoms with Crippen LogP contribution in [0.5, 0.6) is 0 Å². The van der Waals surface area contributed by atoms with Gasteiger partial charge in [-0.2, -0.15) is 14.6 Å². The van der Waals surface area contributed by atoms with Crippen LogP contribution in [0.3, 0.4) is 0 Å². The van der Waals surface area contributed by atoms with Gasteiger partial charge in [0.25, 0.3) is 18.1 Å². The number of alkyl halides is 2. The van der Waals surface area contributed by atoms with Gasteiger partial charge in [-0.1, -0.05) is 17.7 Å². The average molecular weight is 420 g/mol. The van der Waals surface area contributed by atoms with Crippen molar-refractivity contribution < 1.29 is 13.6 Å². The smallest absolute Gasteiger partial charge is 0.280 e. The highest BCUT2D eigenvalue weighted by Gasteiger charge is 2.31. The van der Waals surface area contributed by atoms with Gasteiger partial charge in [0.1, 0.15) is 12.0 Å². The summed E-state index contributed by atoms with van der Waals surface area (Å²) >= 11 is 0. The summed E-state index contributed by atoms with van der Waals surface area (Å²) in [5.41, 5.74) is 2.61. The van der Waals surface area contributed by atoms with Crippen molar-refractivity contribution in [1.29, 1.82) is 0 Å². The fourth-order valence-corrected chi connectivity index (χ4v) is 3.86. The summed E-state index contributed by atoms with van der Waals surface area (Å²) in [6, 6.07) is 10.6. The molecule has 1 aliphatic rings. The number of hydrogen-bond acceptors (Lipinski definition) is 5. The van der Waals surface area contributed by atoms with Crippen LogP contribution in [0.15, 0.2) is 54.5 Å². The van der Waals surface area contributed by atoms with Crippen molar-refractivity contribution in [2.75, 3.05) is 7.05 Å². The van der Waals surface area contributed by atoms with Crippen LogP contribution in [0.25, 0.3) is 22.8 Å². The lowest BCUT2D eigenvalue weighted by atomic mass is 9.84. The molecule has 0 saturated heterocycles. The summed E-state index contributed by atoms with van der Waals surface area (Å²) in [7, 11) is 1.79. The van der Waals surface area contributed by atoms with E-state index < -0.39 is 6.43 Å². The second-order valence-corrected chi connectivity index (χ2v) is 7.53. The molecule has 0 N–H and O–H groups in total. The van der Waals surface area contributed by atoms with Crippen LogP contribution in [-0.2, 0) is 0 Å². The summed E-state index contributed by atoms with van der Waals surface area (Å²) < 4.78 is 27.7. The quantitative estimate of drug-likeness (QED) is 0.500. The van der Waals surface area contributed by atoms with E-state index in [0.717, 1.165) is 16.5 Å². The zero-order valence-electron chi connectivity index (χ0n) is 16.6. The van der Waals surface area contributed by atoms with Gasteiger partial charge >= 0.3 is 0 Å². The lowest BCUT2D eigenvalue weighted by Crippen LogP contribution is -2.42. The second kappa shape index (κ2) is 7.50. The predicted octanol–water partition coefficient (Wildman–Crippen LogP) is 3.93. The Morgan fingerprint density at radius 2 is 2.06 bits per heavy atom. The van der Waals surface area contributed by atoms with Gasteiger partial charge in [0.05, 0.1) is 11.2 Å². The van der Waals surface area contributed by atoms with Crippen LogP contribution in [0, 0.1) is 0 Å². The zero-order valence-corrected chi connectivity index (χ0v) is 16.6. The molecular weight excluding hydrogens is 402 g/mol. The summed E-state index contributed by atoms with van der Waals surface area (Å²) in [6.45, 7) is 0. The lowest BCUT2D eigenvalue weighted by Gasteiger charge is -2.37. The minimum absolute atomic E-state index is 0.0355. The van der Waals surface area contributed by atoms with E-state index in [1.807, 2.05) is 36.4 Å². The molecule has 4 aromatic rings. The molecule has 31 heavy (non-hydrogen) atoms. The van der Waals surface area contributed by atoms with Crippen LogP contribution >= 0.6 is 0 Å². The zero-order chi connectivity index (χ0) is 21.5. The number of fused-ring (bicyclic) bond motifs is 2. The first-order valence-electron chi connectivity index (χ1n) is 9.80. The van der Waals surface area contributed by atoms with E-state index in [2.05, 4.69) is 20.1 Å². The third kappa shape index (κ3) is 3.41. The largest absolute Gasteiger partial charge is 0.338 e. The maximum absolute atomic E-state index is 13.2. The fraction of sp³-hybridized carbons (Fsp3) is 0.227. The van der Waals surface area contributed by atoms with Gasteiger partial charge in [-0.15, -0.1) is 0 Å². The number of pyridine rings is 1. The normalized spacial score (nSPS) is 16.0. The molecule has 1 amide bonds. The summed E-state index contributed by atoms with van der Waals surface area (Å²) in [6.07, 6.45) is 3.45. The highest BCUT2D eigenvalue weighted by atomic mass is 19.3. The predicted molar refractivity (Wildman–Crippen MR) is 111 cm³/mol. The number of benzene rings is 1. The number of nitrogens with zero attached hydrogens (tertiary/aromatic N) is 6. The topological polar surface area (TPSA) is 76.3 Å². The van der Waals surface area contributed by atoms with Gasteiger partial charge in [0.15, 0.2) is 0 Å². The molecule has 0 aliphatic heterocycles. The van der Waals surface area contributed by atoms with Crippen LogP contribution in [0.2, 0.25) is 0 Å². The van der Waals surface area contributed by atoms with Crippen molar-refractivity contribution in [2.24, 2.45) is 0 Å². The molecule has 7 nitrogen and oxygen atoms in total. The van der Waals surface area contributed by atoms with Gasteiger partial charge in [-0.05, 0) is 43.2 Å². The number of aromatic nitrogens is 5. The van der Waals surface area contributed by atoms with Crippen LogP contribution in [0.1, 0.15) is 41.0 Å². The third-order valence-corrected chi connectivity index (χ3v) is 5.61. The van der Waals surface area contributed by atoms with E-state index in [-0.39, 0.29) is 23.4 Å². The third-order valence-electron chi connectivity index (χ3n) is 5.61. The van der Waals surface area contributed by atoms with E-state index in [0.29, 0.717) is 24.1 Å². The molecule has 9 heteroatoms.